The standard InChI is InChI=1S/C25H26ClN5O3/c1-17-23(15-28-31(17)21-6-3-19(26)4-7-21)25(32)29-20-5-8-24(18(13-20)14-27)30-11-9-22(10-12-30)34-16-33-2/h3-8,13,15,22H,9-12,16H2,1-2H3,(H,29,32). The van der Waals surface area contributed by atoms with Crippen LogP contribution in [0.3, 0.4) is 0 Å². The molecule has 0 radical (unpaired) electrons. The van der Waals surface area contributed by atoms with Crippen molar-refractivity contribution in [1.82, 2.24) is 9.78 Å². The minimum atomic E-state index is -0.287. The highest BCUT2D eigenvalue weighted by atomic mass is 35.5. The zero-order valence-electron chi connectivity index (χ0n) is 19.1. The number of nitrogens with one attached hydrogen (secondary N) is 1. The third-order valence-electron chi connectivity index (χ3n) is 5.90. The smallest absolute Gasteiger partial charge is 0.259 e. The van der Waals surface area contributed by atoms with Gasteiger partial charge in [0.2, 0.25) is 0 Å². The lowest BCUT2D eigenvalue weighted by Gasteiger charge is -2.34. The van der Waals surface area contributed by atoms with Crippen molar-refractivity contribution in [2.75, 3.05) is 37.2 Å². The first-order valence-corrected chi connectivity index (χ1v) is 11.4. The van der Waals surface area contributed by atoms with Crippen LogP contribution >= 0.6 is 11.6 Å². The number of carbonyl (C=O) groups is 1. The predicted molar refractivity (Wildman–Crippen MR) is 131 cm³/mol. The van der Waals surface area contributed by atoms with Crippen molar-refractivity contribution in [3.8, 4) is 11.8 Å². The number of hydrogen-bond acceptors (Lipinski definition) is 6. The zero-order valence-corrected chi connectivity index (χ0v) is 19.9. The van der Waals surface area contributed by atoms with Gasteiger partial charge in [-0.15, -0.1) is 0 Å². The summed E-state index contributed by atoms with van der Waals surface area (Å²) in [6.07, 6.45) is 3.43. The number of nitriles is 1. The number of benzene rings is 2. The van der Waals surface area contributed by atoms with E-state index in [4.69, 9.17) is 21.1 Å². The quantitative estimate of drug-likeness (QED) is 0.500. The average molecular weight is 480 g/mol. The SMILES string of the molecule is COCOC1CCN(c2ccc(NC(=O)c3cnn(-c4ccc(Cl)cc4)c3C)cc2C#N)CC1. The highest BCUT2D eigenvalue weighted by Gasteiger charge is 2.22. The minimum Gasteiger partial charge on any atom is -0.370 e. The molecule has 0 unspecified atom stereocenters. The van der Waals surface area contributed by atoms with E-state index in [0.717, 1.165) is 37.3 Å². The molecular formula is C25H26ClN5O3. The van der Waals surface area contributed by atoms with Crippen LogP contribution in [-0.4, -0.2) is 48.8 Å². The number of rotatable bonds is 7. The first-order chi connectivity index (χ1) is 16.5. The number of halogens is 1. The van der Waals surface area contributed by atoms with Gasteiger partial charge in [0.25, 0.3) is 5.91 Å². The minimum absolute atomic E-state index is 0.164. The summed E-state index contributed by atoms with van der Waals surface area (Å²) in [4.78, 5) is 15.1. The average Bonchev–Trinajstić information content (AvgIpc) is 3.25. The van der Waals surface area contributed by atoms with Gasteiger partial charge >= 0.3 is 0 Å². The van der Waals surface area contributed by atoms with Crippen LogP contribution in [0.5, 0.6) is 0 Å². The molecule has 9 heteroatoms. The highest BCUT2D eigenvalue weighted by molar-refractivity contribution is 6.30. The highest BCUT2D eigenvalue weighted by Crippen LogP contribution is 2.28. The molecule has 0 atom stereocenters. The Hall–Kier alpha value is -3.38. The van der Waals surface area contributed by atoms with Gasteiger partial charge in [-0.2, -0.15) is 10.4 Å². The van der Waals surface area contributed by atoms with E-state index in [-0.39, 0.29) is 12.0 Å². The van der Waals surface area contributed by atoms with Crippen LogP contribution in [0.4, 0.5) is 11.4 Å². The van der Waals surface area contributed by atoms with Crippen molar-refractivity contribution >= 4 is 28.9 Å². The zero-order chi connectivity index (χ0) is 24.1. The molecule has 3 aromatic rings. The van der Waals surface area contributed by atoms with E-state index in [2.05, 4.69) is 21.4 Å². The summed E-state index contributed by atoms with van der Waals surface area (Å²) in [5.74, 6) is -0.287. The molecule has 8 nitrogen and oxygen atoms in total. The largest absolute Gasteiger partial charge is 0.370 e. The first-order valence-electron chi connectivity index (χ1n) is 11.0. The summed E-state index contributed by atoms with van der Waals surface area (Å²) in [5, 5.41) is 17.6. The lowest BCUT2D eigenvalue weighted by Crippen LogP contribution is -2.37. The van der Waals surface area contributed by atoms with Gasteiger partial charge < -0.3 is 19.7 Å². The van der Waals surface area contributed by atoms with Crippen LogP contribution in [0.1, 0.15) is 34.5 Å². The van der Waals surface area contributed by atoms with Crippen molar-refractivity contribution in [1.29, 1.82) is 5.26 Å². The molecule has 1 fully saturated rings. The van der Waals surface area contributed by atoms with Crippen LogP contribution in [0, 0.1) is 18.3 Å². The maximum Gasteiger partial charge on any atom is 0.259 e. The summed E-state index contributed by atoms with van der Waals surface area (Å²) in [5.41, 5.74) is 3.90. The van der Waals surface area contributed by atoms with E-state index in [1.54, 1.807) is 30.0 Å². The molecule has 0 aliphatic carbocycles. The molecule has 0 saturated carbocycles. The van der Waals surface area contributed by atoms with Crippen molar-refractivity contribution in [3.63, 3.8) is 0 Å². The lowest BCUT2D eigenvalue weighted by atomic mass is 10.0. The topological polar surface area (TPSA) is 92.4 Å². The van der Waals surface area contributed by atoms with Gasteiger partial charge in [0, 0.05) is 30.9 Å². The monoisotopic (exact) mass is 479 g/mol. The van der Waals surface area contributed by atoms with Crippen LogP contribution in [0.15, 0.2) is 48.7 Å². The third kappa shape index (κ3) is 5.23. The molecule has 1 aliphatic heterocycles. The Morgan fingerprint density at radius 1 is 1.24 bits per heavy atom. The molecule has 4 rings (SSSR count). The number of carbonyl (C=O) groups excluding carboxylic acids is 1. The van der Waals surface area contributed by atoms with Crippen LogP contribution < -0.4 is 10.2 Å². The fraction of sp³-hybridized carbons (Fsp3) is 0.320. The van der Waals surface area contributed by atoms with Crippen molar-refractivity contribution in [2.45, 2.75) is 25.9 Å². The lowest BCUT2D eigenvalue weighted by molar-refractivity contribution is -0.0780. The second-order valence-electron chi connectivity index (χ2n) is 8.09. The van der Waals surface area contributed by atoms with Crippen molar-refractivity contribution in [2.24, 2.45) is 0 Å². The number of nitrogens with zero attached hydrogens (tertiary/aromatic N) is 4. The molecule has 0 bridgehead atoms. The van der Waals surface area contributed by atoms with Crippen molar-refractivity contribution in [3.05, 3.63) is 70.5 Å². The number of ether oxygens (including phenoxy) is 2. The number of hydrogen-bond donors (Lipinski definition) is 1. The number of amides is 1. The Balaban J connectivity index is 1.45. The Kier molecular flexibility index (Phi) is 7.48. The van der Waals surface area contributed by atoms with Gasteiger partial charge in [0.05, 0.1) is 40.5 Å². The molecule has 1 N–H and O–H groups in total. The van der Waals surface area contributed by atoms with Gasteiger partial charge in [-0.25, -0.2) is 4.68 Å². The van der Waals surface area contributed by atoms with Crippen LogP contribution in [0.25, 0.3) is 5.69 Å². The van der Waals surface area contributed by atoms with E-state index >= 15 is 0 Å². The fourth-order valence-corrected chi connectivity index (χ4v) is 4.21. The number of anilines is 2. The Morgan fingerprint density at radius 3 is 2.65 bits per heavy atom. The molecule has 1 saturated heterocycles. The van der Waals surface area contributed by atoms with Gasteiger partial charge in [-0.3, -0.25) is 4.79 Å². The van der Waals surface area contributed by atoms with Crippen molar-refractivity contribution < 1.29 is 14.3 Å². The second-order valence-corrected chi connectivity index (χ2v) is 8.53. The predicted octanol–water partition coefficient (Wildman–Crippen LogP) is 4.55. The van der Waals surface area contributed by atoms with Gasteiger partial charge in [-0.1, -0.05) is 11.6 Å². The Morgan fingerprint density at radius 2 is 1.97 bits per heavy atom. The van der Waals surface area contributed by atoms with E-state index in [9.17, 15) is 10.1 Å². The number of methoxy groups -OCH3 is 1. The van der Waals surface area contributed by atoms with E-state index in [0.29, 0.717) is 34.3 Å². The molecule has 34 heavy (non-hydrogen) atoms. The summed E-state index contributed by atoms with van der Waals surface area (Å²) in [6, 6.07) is 14.9. The normalized spacial score (nSPS) is 14.1. The molecule has 1 aromatic heterocycles. The first kappa shape index (κ1) is 23.8. The molecule has 1 amide bonds. The van der Waals surface area contributed by atoms with E-state index in [1.807, 2.05) is 31.2 Å². The maximum atomic E-state index is 12.9. The molecule has 0 spiro atoms. The van der Waals surface area contributed by atoms with Crippen LogP contribution in [-0.2, 0) is 9.47 Å². The number of aromatic nitrogens is 2. The van der Waals surface area contributed by atoms with Gasteiger partial charge in [0.15, 0.2) is 0 Å². The summed E-state index contributed by atoms with van der Waals surface area (Å²) in [7, 11) is 1.61. The Bertz CT molecular complexity index is 1190. The summed E-state index contributed by atoms with van der Waals surface area (Å²) in [6.45, 7) is 3.70. The van der Waals surface area contributed by atoms with E-state index in [1.165, 1.54) is 6.20 Å². The number of piperidine rings is 1. The summed E-state index contributed by atoms with van der Waals surface area (Å²) < 4.78 is 12.3. The fourth-order valence-electron chi connectivity index (χ4n) is 4.08. The molecule has 2 heterocycles. The molecule has 176 valence electrons. The molecule has 2 aromatic carbocycles. The second kappa shape index (κ2) is 10.7. The third-order valence-corrected chi connectivity index (χ3v) is 6.16. The maximum absolute atomic E-state index is 12.9. The summed E-state index contributed by atoms with van der Waals surface area (Å²) >= 11 is 5.96. The van der Waals surface area contributed by atoms with Gasteiger partial charge in [-0.05, 0) is 62.2 Å². The molecular weight excluding hydrogens is 454 g/mol. The van der Waals surface area contributed by atoms with Crippen LogP contribution in [0.2, 0.25) is 5.02 Å². The molecule has 1 aliphatic rings. The van der Waals surface area contributed by atoms with E-state index < -0.39 is 0 Å². The van der Waals surface area contributed by atoms with Gasteiger partial charge in [0.1, 0.15) is 12.9 Å². The Labute approximate surface area is 203 Å².